The van der Waals surface area contributed by atoms with E-state index in [9.17, 15) is 15.0 Å². The van der Waals surface area contributed by atoms with Crippen molar-refractivity contribution in [3.05, 3.63) is 0 Å². The molecule has 4 aliphatic rings. The molecule has 0 spiro atoms. The predicted octanol–water partition coefficient (Wildman–Crippen LogP) is 4.21. The Kier molecular flexibility index (Phi) is 4.61. The van der Waals surface area contributed by atoms with E-state index in [0.29, 0.717) is 35.4 Å². The van der Waals surface area contributed by atoms with Crippen molar-refractivity contribution in [2.75, 3.05) is 6.61 Å². The number of hydrogen-bond donors (Lipinski definition) is 2. The number of carbonyl (C=O) groups excluding carboxylic acids is 1. The summed E-state index contributed by atoms with van der Waals surface area (Å²) in [7, 11) is 0. The first kappa shape index (κ1) is 20.4. The first-order chi connectivity index (χ1) is 13.0. The van der Waals surface area contributed by atoms with Crippen LogP contribution in [0, 0.1) is 57.7 Å². The molecule has 0 aromatic rings. The summed E-state index contributed by atoms with van der Waals surface area (Å²) < 4.78 is 0. The molecule has 3 nitrogen and oxygen atoms in total. The average Bonchev–Trinajstić information content (AvgIpc) is 2.78. The average molecular weight is 387 g/mol. The number of carbonyl (C=O) groups is 1. The van der Waals surface area contributed by atoms with Gasteiger partial charge >= 0.3 is 0 Å². The lowest BCUT2D eigenvalue weighted by Gasteiger charge is -2.62. The Balaban J connectivity index is 1.73. The molecule has 0 radical (unpaired) electrons. The molecule has 28 heavy (non-hydrogen) atoms. The highest BCUT2D eigenvalue weighted by Crippen LogP contribution is 2.72. The van der Waals surface area contributed by atoms with Gasteiger partial charge in [-0.3, -0.25) is 4.79 Å². The van der Waals surface area contributed by atoms with Crippen LogP contribution in [0.15, 0.2) is 0 Å². The van der Waals surface area contributed by atoms with Gasteiger partial charge in [0.1, 0.15) is 18.0 Å². The fraction of sp³-hybridized carbons (Fsp3) is 0.880. The largest absolute Gasteiger partial charge is 0.384 e. The van der Waals surface area contributed by atoms with Gasteiger partial charge in [-0.05, 0) is 67.1 Å². The van der Waals surface area contributed by atoms with Gasteiger partial charge < -0.3 is 10.2 Å². The van der Waals surface area contributed by atoms with Crippen LogP contribution in [0.5, 0.6) is 0 Å². The van der Waals surface area contributed by atoms with E-state index >= 15 is 0 Å². The standard InChI is InChI=1S/C25H38O3/c1-16-13-18(27)14-17-7-8-19-20(24(16,17)5)9-11-23(4)21(19)15-22(2,3)25(23,28)10-6-12-26/h16-17,19-21,26,28H,7-9,11-15H2,1-5H3/t16?,17?,19-,20-,21+,23+,24+,25?/m1/s1. The van der Waals surface area contributed by atoms with Crippen molar-refractivity contribution in [3.8, 4) is 11.8 Å². The third kappa shape index (κ3) is 2.40. The SMILES string of the molecule is CC1CC(=O)CC2CC[C@@H]3[C@@H](CC[C@@]4(C)[C@H]3CC(C)(C)C4(O)C#CCO)[C@@]12C. The van der Waals surface area contributed by atoms with Crippen molar-refractivity contribution in [2.45, 2.75) is 85.2 Å². The summed E-state index contributed by atoms with van der Waals surface area (Å²) in [5.74, 6) is 9.10. The van der Waals surface area contributed by atoms with E-state index in [4.69, 9.17) is 0 Å². The highest BCUT2D eigenvalue weighted by Gasteiger charge is 2.70. The van der Waals surface area contributed by atoms with E-state index in [1.807, 2.05) is 0 Å². The molecule has 4 saturated carbocycles. The predicted molar refractivity (Wildman–Crippen MR) is 110 cm³/mol. The maximum atomic E-state index is 12.3. The Morgan fingerprint density at radius 1 is 1.07 bits per heavy atom. The molecular weight excluding hydrogens is 348 g/mol. The molecule has 3 unspecified atom stereocenters. The Hall–Kier alpha value is -0.850. The molecule has 4 rings (SSSR count). The number of rotatable bonds is 0. The molecule has 2 N–H and O–H groups in total. The highest BCUT2D eigenvalue weighted by molar-refractivity contribution is 5.80. The Labute approximate surface area is 170 Å². The normalized spacial score (nSPS) is 52.1. The van der Waals surface area contributed by atoms with Crippen molar-refractivity contribution in [1.29, 1.82) is 0 Å². The van der Waals surface area contributed by atoms with Gasteiger partial charge in [0.15, 0.2) is 0 Å². The van der Waals surface area contributed by atoms with E-state index in [0.717, 1.165) is 38.5 Å². The van der Waals surface area contributed by atoms with E-state index in [2.05, 4.69) is 46.5 Å². The molecule has 156 valence electrons. The zero-order valence-electron chi connectivity index (χ0n) is 18.3. The van der Waals surface area contributed by atoms with Crippen LogP contribution in [0.3, 0.4) is 0 Å². The second-order valence-electron chi connectivity index (χ2n) is 11.6. The van der Waals surface area contributed by atoms with Crippen LogP contribution < -0.4 is 0 Å². The molecule has 0 heterocycles. The van der Waals surface area contributed by atoms with Crippen LogP contribution in [0.4, 0.5) is 0 Å². The van der Waals surface area contributed by atoms with Gasteiger partial charge in [0, 0.05) is 23.7 Å². The van der Waals surface area contributed by atoms with Crippen molar-refractivity contribution in [3.63, 3.8) is 0 Å². The highest BCUT2D eigenvalue weighted by atomic mass is 16.3. The van der Waals surface area contributed by atoms with Crippen LogP contribution in [0.1, 0.15) is 79.6 Å². The third-order valence-electron chi connectivity index (χ3n) is 10.3. The second-order valence-corrected chi connectivity index (χ2v) is 11.6. The first-order valence-corrected chi connectivity index (χ1v) is 11.4. The summed E-state index contributed by atoms with van der Waals surface area (Å²) >= 11 is 0. The summed E-state index contributed by atoms with van der Waals surface area (Å²) in [6.45, 7) is 11.2. The van der Waals surface area contributed by atoms with Crippen molar-refractivity contribution in [2.24, 2.45) is 45.8 Å². The minimum absolute atomic E-state index is 0.198. The lowest BCUT2D eigenvalue weighted by Crippen LogP contribution is -2.59. The molecule has 0 saturated heterocycles. The monoisotopic (exact) mass is 386 g/mol. The number of Topliss-reactive ketones (excluding diaryl/α,β-unsaturated/α-hetero) is 1. The molecule has 4 aliphatic carbocycles. The summed E-state index contributed by atoms with van der Waals surface area (Å²) in [4.78, 5) is 12.3. The fourth-order valence-electron chi connectivity index (χ4n) is 8.57. The third-order valence-corrected chi connectivity index (χ3v) is 10.3. The van der Waals surface area contributed by atoms with Gasteiger partial charge in [0.2, 0.25) is 0 Å². The van der Waals surface area contributed by atoms with Gasteiger partial charge in [-0.15, -0.1) is 0 Å². The molecule has 0 bridgehead atoms. The lowest BCUT2D eigenvalue weighted by molar-refractivity contribution is -0.163. The molecule has 0 aliphatic heterocycles. The van der Waals surface area contributed by atoms with E-state index < -0.39 is 5.60 Å². The summed E-state index contributed by atoms with van der Waals surface area (Å²) in [5.41, 5.74) is -1.31. The fourth-order valence-corrected chi connectivity index (χ4v) is 8.57. The Morgan fingerprint density at radius 3 is 2.46 bits per heavy atom. The van der Waals surface area contributed by atoms with Gasteiger partial charge in [0.25, 0.3) is 0 Å². The van der Waals surface area contributed by atoms with Gasteiger partial charge in [-0.1, -0.05) is 46.5 Å². The maximum Gasteiger partial charge on any atom is 0.136 e. The summed E-state index contributed by atoms with van der Waals surface area (Å²) in [6.07, 6.45) is 6.98. The maximum absolute atomic E-state index is 12.3. The molecule has 0 aromatic carbocycles. The van der Waals surface area contributed by atoms with Gasteiger partial charge in [-0.2, -0.15) is 0 Å². The zero-order valence-corrected chi connectivity index (χ0v) is 18.3. The topological polar surface area (TPSA) is 57.5 Å². The Bertz CT molecular complexity index is 730. The summed E-state index contributed by atoms with van der Waals surface area (Å²) in [5, 5.41) is 21.1. The second kappa shape index (κ2) is 6.32. The Morgan fingerprint density at radius 2 is 1.79 bits per heavy atom. The quantitative estimate of drug-likeness (QED) is 0.613. The number of fused-ring (bicyclic) bond motifs is 5. The van der Waals surface area contributed by atoms with E-state index in [1.165, 1.54) is 6.42 Å². The number of ketones is 1. The molecule has 0 amide bonds. The van der Waals surface area contributed by atoms with Crippen LogP contribution in [-0.4, -0.2) is 28.2 Å². The minimum atomic E-state index is -1.05. The molecule has 3 heteroatoms. The number of aliphatic hydroxyl groups excluding tert-OH is 1. The molecule has 4 fully saturated rings. The molecule has 8 atom stereocenters. The number of hydrogen-bond acceptors (Lipinski definition) is 3. The molecular formula is C25H38O3. The van der Waals surface area contributed by atoms with Crippen LogP contribution in [-0.2, 0) is 4.79 Å². The van der Waals surface area contributed by atoms with Crippen LogP contribution >= 0.6 is 0 Å². The van der Waals surface area contributed by atoms with Crippen molar-refractivity contribution < 1.29 is 15.0 Å². The van der Waals surface area contributed by atoms with Crippen LogP contribution in [0.25, 0.3) is 0 Å². The van der Waals surface area contributed by atoms with Crippen molar-refractivity contribution in [1.82, 2.24) is 0 Å². The van der Waals surface area contributed by atoms with Gasteiger partial charge in [0.05, 0.1) is 0 Å². The van der Waals surface area contributed by atoms with Crippen molar-refractivity contribution >= 4 is 5.78 Å². The van der Waals surface area contributed by atoms with Gasteiger partial charge in [-0.25, -0.2) is 0 Å². The lowest BCUT2D eigenvalue weighted by atomic mass is 9.42. The van der Waals surface area contributed by atoms with E-state index in [1.54, 1.807) is 0 Å². The molecule has 0 aromatic heterocycles. The number of aliphatic hydroxyl groups is 2. The smallest absolute Gasteiger partial charge is 0.136 e. The van der Waals surface area contributed by atoms with Crippen LogP contribution in [0.2, 0.25) is 0 Å². The van der Waals surface area contributed by atoms with E-state index in [-0.39, 0.29) is 22.9 Å². The first-order valence-electron chi connectivity index (χ1n) is 11.4. The zero-order chi connectivity index (χ0) is 20.5. The summed E-state index contributed by atoms with van der Waals surface area (Å²) in [6, 6.07) is 0. The minimum Gasteiger partial charge on any atom is -0.384 e.